The summed E-state index contributed by atoms with van der Waals surface area (Å²) in [6.45, 7) is 7.18. The van der Waals surface area contributed by atoms with Gasteiger partial charge in [0.2, 0.25) is 5.91 Å². The normalized spacial score (nSPS) is 19.2. The van der Waals surface area contributed by atoms with Crippen molar-refractivity contribution >= 4 is 5.91 Å². The van der Waals surface area contributed by atoms with Gasteiger partial charge in [0.1, 0.15) is 17.7 Å². The summed E-state index contributed by atoms with van der Waals surface area (Å²) in [4.78, 5) is 11.9. The first kappa shape index (κ1) is 12.0. The van der Waals surface area contributed by atoms with E-state index in [1.807, 2.05) is 25.3 Å². The van der Waals surface area contributed by atoms with E-state index >= 15 is 0 Å². The van der Waals surface area contributed by atoms with Crippen LogP contribution in [0, 0.1) is 0 Å². The first-order chi connectivity index (χ1) is 8.11. The molecule has 0 fully saturated rings. The Labute approximate surface area is 101 Å². The predicted molar refractivity (Wildman–Crippen MR) is 63.3 cm³/mol. The first-order valence-corrected chi connectivity index (χ1v) is 6.06. The number of hydrogen-bond acceptors (Lipinski definition) is 4. The van der Waals surface area contributed by atoms with E-state index in [2.05, 4.69) is 20.8 Å². The van der Waals surface area contributed by atoms with Gasteiger partial charge >= 0.3 is 0 Å². The van der Waals surface area contributed by atoms with Gasteiger partial charge in [0.15, 0.2) is 0 Å². The van der Waals surface area contributed by atoms with E-state index in [0.717, 1.165) is 18.1 Å². The Hall–Kier alpha value is -1.43. The zero-order valence-corrected chi connectivity index (χ0v) is 10.5. The van der Waals surface area contributed by atoms with E-state index in [0.29, 0.717) is 13.1 Å². The number of nitrogens with one attached hydrogen (secondary N) is 2. The van der Waals surface area contributed by atoms with Gasteiger partial charge in [-0.15, -0.1) is 10.2 Å². The van der Waals surface area contributed by atoms with E-state index < -0.39 is 0 Å². The summed E-state index contributed by atoms with van der Waals surface area (Å²) in [5, 5.41) is 14.3. The number of fused-ring (bicyclic) bond motifs is 1. The van der Waals surface area contributed by atoms with Crippen LogP contribution in [0.2, 0.25) is 0 Å². The Morgan fingerprint density at radius 2 is 2.35 bits per heavy atom. The molecule has 1 aromatic rings. The maximum absolute atomic E-state index is 11.9. The molecule has 17 heavy (non-hydrogen) atoms. The average Bonchev–Trinajstić information content (AvgIpc) is 2.69. The zero-order valence-electron chi connectivity index (χ0n) is 10.5. The van der Waals surface area contributed by atoms with Gasteiger partial charge in [-0.2, -0.15) is 0 Å². The molecular weight excluding hydrogens is 218 g/mol. The van der Waals surface area contributed by atoms with E-state index in [9.17, 15) is 4.79 Å². The third kappa shape index (κ3) is 2.46. The number of aromatic nitrogens is 3. The summed E-state index contributed by atoms with van der Waals surface area (Å²) in [5.74, 6) is 1.90. The van der Waals surface area contributed by atoms with Gasteiger partial charge in [0.05, 0.1) is 6.54 Å². The third-order valence-corrected chi connectivity index (χ3v) is 2.84. The number of rotatable bonds is 3. The minimum absolute atomic E-state index is 0.0430. The lowest BCUT2D eigenvalue weighted by Crippen LogP contribution is -2.51. The Balaban J connectivity index is 2.09. The third-order valence-electron chi connectivity index (χ3n) is 2.84. The average molecular weight is 237 g/mol. The number of nitrogens with zero attached hydrogens (tertiary/aromatic N) is 3. The molecule has 2 heterocycles. The molecular formula is C11H19N5O. The Bertz CT molecular complexity index is 398. The van der Waals surface area contributed by atoms with Gasteiger partial charge in [-0.25, -0.2) is 0 Å². The molecule has 0 bridgehead atoms. The SMILES string of the molecule is CCc1nnc2n1CC(C(=O)NC(C)C)NC2. The van der Waals surface area contributed by atoms with E-state index in [-0.39, 0.29) is 18.0 Å². The smallest absolute Gasteiger partial charge is 0.239 e. The molecule has 6 heteroatoms. The van der Waals surface area contributed by atoms with Crippen molar-refractivity contribution in [2.45, 2.75) is 52.4 Å². The summed E-state index contributed by atoms with van der Waals surface area (Å²) in [6.07, 6.45) is 0.839. The second-order valence-electron chi connectivity index (χ2n) is 4.59. The van der Waals surface area contributed by atoms with Crippen LogP contribution in [-0.4, -0.2) is 32.8 Å². The maximum Gasteiger partial charge on any atom is 0.239 e. The molecule has 0 saturated carbocycles. The molecule has 0 radical (unpaired) electrons. The highest BCUT2D eigenvalue weighted by molar-refractivity contribution is 5.82. The fourth-order valence-corrected chi connectivity index (χ4v) is 2.00. The van der Waals surface area contributed by atoms with Gasteiger partial charge in [-0.3, -0.25) is 10.1 Å². The summed E-state index contributed by atoms with van der Waals surface area (Å²) in [5.41, 5.74) is 0. The molecule has 0 saturated heterocycles. The largest absolute Gasteiger partial charge is 0.353 e. The highest BCUT2D eigenvalue weighted by atomic mass is 16.2. The van der Waals surface area contributed by atoms with Crippen molar-refractivity contribution in [2.75, 3.05) is 0 Å². The minimum Gasteiger partial charge on any atom is -0.353 e. The van der Waals surface area contributed by atoms with E-state index in [1.54, 1.807) is 0 Å². The summed E-state index contributed by atoms with van der Waals surface area (Å²) >= 11 is 0. The molecule has 1 amide bonds. The monoisotopic (exact) mass is 237 g/mol. The lowest BCUT2D eigenvalue weighted by molar-refractivity contribution is -0.124. The molecule has 1 aromatic heterocycles. The van der Waals surface area contributed by atoms with Crippen LogP contribution >= 0.6 is 0 Å². The summed E-state index contributed by atoms with van der Waals surface area (Å²) in [6, 6.07) is -0.0246. The van der Waals surface area contributed by atoms with Gasteiger partial charge in [0, 0.05) is 19.0 Å². The van der Waals surface area contributed by atoms with Crippen LogP contribution in [0.4, 0.5) is 0 Å². The molecule has 1 aliphatic rings. The molecule has 1 aliphatic heterocycles. The highest BCUT2D eigenvalue weighted by Gasteiger charge is 2.26. The lowest BCUT2D eigenvalue weighted by Gasteiger charge is -2.25. The number of carbonyl (C=O) groups excluding carboxylic acids is 1. The van der Waals surface area contributed by atoms with Crippen LogP contribution in [0.25, 0.3) is 0 Å². The van der Waals surface area contributed by atoms with Crippen LogP contribution in [0.3, 0.4) is 0 Å². The molecule has 1 unspecified atom stereocenters. The fourth-order valence-electron chi connectivity index (χ4n) is 2.00. The van der Waals surface area contributed by atoms with Crippen molar-refractivity contribution in [1.29, 1.82) is 0 Å². The van der Waals surface area contributed by atoms with Crippen molar-refractivity contribution in [2.24, 2.45) is 0 Å². The quantitative estimate of drug-likeness (QED) is 0.766. The van der Waals surface area contributed by atoms with Crippen LogP contribution < -0.4 is 10.6 Å². The van der Waals surface area contributed by atoms with Crippen LogP contribution in [0.1, 0.15) is 32.4 Å². The summed E-state index contributed by atoms with van der Waals surface area (Å²) in [7, 11) is 0. The van der Waals surface area contributed by atoms with Crippen LogP contribution in [0.5, 0.6) is 0 Å². The number of hydrogen-bond donors (Lipinski definition) is 2. The van der Waals surface area contributed by atoms with Gasteiger partial charge in [-0.1, -0.05) is 6.92 Å². The number of carbonyl (C=O) groups is 1. The van der Waals surface area contributed by atoms with Gasteiger partial charge < -0.3 is 9.88 Å². The number of aryl methyl sites for hydroxylation is 1. The van der Waals surface area contributed by atoms with Crippen molar-refractivity contribution in [1.82, 2.24) is 25.4 Å². The Kier molecular flexibility index (Phi) is 3.42. The van der Waals surface area contributed by atoms with Crippen molar-refractivity contribution in [3.8, 4) is 0 Å². The summed E-state index contributed by atoms with van der Waals surface area (Å²) < 4.78 is 2.04. The molecule has 0 spiro atoms. The van der Waals surface area contributed by atoms with E-state index in [4.69, 9.17) is 0 Å². The molecule has 2 rings (SSSR count). The van der Waals surface area contributed by atoms with Gasteiger partial charge in [0.25, 0.3) is 0 Å². The molecule has 0 aromatic carbocycles. The maximum atomic E-state index is 11.9. The molecule has 6 nitrogen and oxygen atoms in total. The molecule has 0 aliphatic carbocycles. The fraction of sp³-hybridized carbons (Fsp3) is 0.727. The van der Waals surface area contributed by atoms with Crippen molar-refractivity contribution in [3.05, 3.63) is 11.6 Å². The van der Waals surface area contributed by atoms with Crippen molar-refractivity contribution in [3.63, 3.8) is 0 Å². The number of amides is 1. The first-order valence-electron chi connectivity index (χ1n) is 6.06. The molecule has 94 valence electrons. The lowest BCUT2D eigenvalue weighted by atomic mass is 10.2. The molecule has 1 atom stereocenters. The Morgan fingerprint density at radius 1 is 1.59 bits per heavy atom. The van der Waals surface area contributed by atoms with Gasteiger partial charge in [-0.05, 0) is 13.8 Å². The van der Waals surface area contributed by atoms with E-state index in [1.165, 1.54) is 0 Å². The van der Waals surface area contributed by atoms with Crippen molar-refractivity contribution < 1.29 is 4.79 Å². The highest BCUT2D eigenvalue weighted by Crippen LogP contribution is 2.10. The minimum atomic E-state index is -0.189. The second kappa shape index (κ2) is 4.83. The standard InChI is InChI=1S/C11H19N5O/c1-4-9-14-15-10-5-12-8(6-16(9)10)11(17)13-7(2)3/h7-8,12H,4-6H2,1-3H3,(H,13,17). The second-order valence-corrected chi connectivity index (χ2v) is 4.59. The molecule has 2 N–H and O–H groups in total. The van der Waals surface area contributed by atoms with Crippen LogP contribution in [-0.2, 0) is 24.3 Å². The predicted octanol–water partition coefficient (Wildman–Crippen LogP) is -0.163. The zero-order chi connectivity index (χ0) is 12.4. The Morgan fingerprint density at radius 3 is 3.00 bits per heavy atom. The topological polar surface area (TPSA) is 71.8 Å². The van der Waals surface area contributed by atoms with Crippen LogP contribution in [0.15, 0.2) is 0 Å².